The summed E-state index contributed by atoms with van der Waals surface area (Å²) in [4.78, 5) is 12.5. The summed E-state index contributed by atoms with van der Waals surface area (Å²) in [6.45, 7) is 0.294. The molecule has 0 saturated heterocycles. The van der Waals surface area contributed by atoms with Gasteiger partial charge in [0.25, 0.3) is 0 Å². The number of halogens is 1. The number of hydrogen-bond acceptors (Lipinski definition) is 3. The van der Waals surface area contributed by atoms with Gasteiger partial charge in [0, 0.05) is 28.7 Å². The molecule has 0 aliphatic carbocycles. The first-order valence-electron chi connectivity index (χ1n) is 9.10. The Morgan fingerprint density at radius 1 is 1.00 bits per heavy atom. The Balaban J connectivity index is 1.38. The molecule has 2 heterocycles. The first-order valence-corrected chi connectivity index (χ1v) is 9.48. The molecule has 4 aromatic rings. The Kier molecular flexibility index (Phi) is 5.63. The molecule has 0 radical (unpaired) electrons. The molecule has 0 atom stereocenters. The van der Waals surface area contributed by atoms with Crippen LogP contribution in [0.1, 0.15) is 21.9 Å². The number of allylic oxidation sites excluding steroid dienone is 1. The van der Waals surface area contributed by atoms with Crippen molar-refractivity contribution in [1.82, 2.24) is 4.57 Å². The second kappa shape index (κ2) is 8.67. The van der Waals surface area contributed by atoms with Crippen molar-refractivity contribution in [3.05, 3.63) is 113 Å². The molecule has 0 saturated carbocycles. The molecule has 0 amide bonds. The van der Waals surface area contributed by atoms with Crippen LogP contribution in [0.25, 0.3) is 11.8 Å². The molecule has 29 heavy (non-hydrogen) atoms. The van der Waals surface area contributed by atoms with E-state index in [9.17, 15) is 4.79 Å². The zero-order valence-corrected chi connectivity index (χ0v) is 16.3. The lowest BCUT2D eigenvalue weighted by Crippen LogP contribution is -1.97. The van der Waals surface area contributed by atoms with Crippen molar-refractivity contribution in [3.63, 3.8) is 0 Å². The van der Waals surface area contributed by atoms with Gasteiger partial charge in [-0.1, -0.05) is 23.7 Å². The third-order valence-corrected chi connectivity index (χ3v) is 4.56. The van der Waals surface area contributed by atoms with Gasteiger partial charge in [0.15, 0.2) is 5.78 Å². The van der Waals surface area contributed by atoms with E-state index < -0.39 is 0 Å². The predicted octanol–water partition coefficient (Wildman–Crippen LogP) is 6.20. The van der Waals surface area contributed by atoms with Crippen LogP contribution in [0.2, 0.25) is 5.02 Å². The molecule has 5 heteroatoms. The fourth-order valence-electron chi connectivity index (χ4n) is 2.83. The van der Waals surface area contributed by atoms with Crippen molar-refractivity contribution < 1.29 is 13.9 Å². The van der Waals surface area contributed by atoms with Crippen molar-refractivity contribution >= 4 is 23.5 Å². The zero-order valence-electron chi connectivity index (χ0n) is 15.5. The lowest BCUT2D eigenvalue weighted by Gasteiger charge is -2.04. The molecule has 144 valence electrons. The van der Waals surface area contributed by atoms with Gasteiger partial charge < -0.3 is 13.7 Å². The fourth-order valence-corrected chi connectivity index (χ4v) is 2.95. The molecule has 2 aromatic carbocycles. The minimum atomic E-state index is -0.0885. The van der Waals surface area contributed by atoms with Gasteiger partial charge >= 0.3 is 0 Å². The molecule has 4 rings (SSSR count). The number of furan rings is 1. The van der Waals surface area contributed by atoms with E-state index in [0.717, 1.165) is 5.69 Å². The van der Waals surface area contributed by atoms with Gasteiger partial charge in [-0.3, -0.25) is 4.79 Å². The van der Waals surface area contributed by atoms with Gasteiger partial charge in [-0.2, -0.15) is 0 Å². The highest BCUT2D eigenvalue weighted by atomic mass is 35.5. The number of hydrogen-bond donors (Lipinski definition) is 0. The summed E-state index contributed by atoms with van der Waals surface area (Å²) in [6.07, 6.45) is 7.06. The van der Waals surface area contributed by atoms with Crippen molar-refractivity contribution in [2.75, 3.05) is 0 Å². The largest absolute Gasteiger partial charge is 0.486 e. The standard InChI is InChI=1S/C24H18ClNO3/c25-19-6-8-21(9-7-19)28-17-23-11-10-22(29-23)12-13-24(27)18-4-3-5-20(16-18)26-14-1-2-15-26/h1-16H,17H2/b13-12+. The number of benzene rings is 2. The molecule has 0 spiro atoms. The summed E-state index contributed by atoms with van der Waals surface area (Å²) in [5.41, 5.74) is 1.55. The minimum absolute atomic E-state index is 0.0885. The summed E-state index contributed by atoms with van der Waals surface area (Å²) in [5, 5.41) is 0.659. The number of ketones is 1. The molecule has 0 bridgehead atoms. The van der Waals surface area contributed by atoms with Gasteiger partial charge in [0.1, 0.15) is 23.9 Å². The van der Waals surface area contributed by atoms with Crippen LogP contribution in [-0.4, -0.2) is 10.4 Å². The highest BCUT2D eigenvalue weighted by molar-refractivity contribution is 6.30. The third-order valence-electron chi connectivity index (χ3n) is 4.31. The Labute approximate surface area is 173 Å². The van der Waals surface area contributed by atoms with Crippen LogP contribution < -0.4 is 4.74 Å². The van der Waals surface area contributed by atoms with Crippen LogP contribution in [0.3, 0.4) is 0 Å². The van der Waals surface area contributed by atoms with Crippen molar-refractivity contribution in [1.29, 1.82) is 0 Å². The van der Waals surface area contributed by atoms with Crippen LogP contribution in [0.4, 0.5) is 0 Å². The zero-order chi connectivity index (χ0) is 20.1. The van der Waals surface area contributed by atoms with Crippen molar-refractivity contribution in [2.24, 2.45) is 0 Å². The van der Waals surface area contributed by atoms with E-state index in [0.29, 0.717) is 34.5 Å². The van der Waals surface area contributed by atoms with Gasteiger partial charge in [-0.05, 0) is 72.8 Å². The Morgan fingerprint density at radius 3 is 2.59 bits per heavy atom. The van der Waals surface area contributed by atoms with E-state index >= 15 is 0 Å². The normalized spacial score (nSPS) is 11.1. The van der Waals surface area contributed by atoms with Crippen molar-refractivity contribution in [3.8, 4) is 11.4 Å². The molecule has 0 fully saturated rings. The first kappa shape index (κ1) is 18.8. The van der Waals surface area contributed by atoms with Gasteiger partial charge in [-0.15, -0.1) is 0 Å². The maximum absolute atomic E-state index is 12.5. The van der Waals surface area contributed by atoms with Crippen LogP contribution in [0.5, 0.6) is 5.75 Å². The van der Waals surface area contributed by atoms with Gasteiger partial charge in [0.05, 0.1) is 0 Å². The average molecular weight is 404 g/mol. The molecule has 0 N–H and O–H groups in total. The number of carbonyl (C=O) groups is 1. The summed E-state index contributed by atoms with van der Waals surface area (Å²) in [6, 6.07) is 22.1. The number of ether oxygens (including phenoxy) is 1. The van der Waals surface area contributed by atoms with E-state index in [2.05, 4.69) is 0 Å². The van der Waals surface area contributed by atoms with Gasteiger partial charge in [-0.25, -0.2) is 0 Å². The molecular weight excluding hydrogens is 386 g/mol. The predicted molar refractivity (Wildman–Crippen MR) is 114 cm³/mol. The second-order valence-corrected chi connectivity index (χ2v) is 6.82. The topological polar surface area (TPSA) is 44.4 Å². The van der Waals surface area contributed by atoms with Crippen LogP contribution in [-0.2, 0) is 6.61 Å². The average Bonchev–Trinajstić information content (AvgIpc) is 3.44. The quantitative estimate of drug-likeness (QED) is 0.272. The lowest BCUT2D eigenvalue weighted by atomic mass is 10.1. The van der Waals surface area contributed by atoms with E-state index in [1.165, 1.54) is 6.08 Å². The summed E-state index contributed by atoms with van der Waals surface area (Å²) >= 11 is 5.86. The number of aromatic nitrogens is 1. The first-order chi connectivity index (χ1) is 14.2. The monoisotopic (exact) mass is 403 g/mol. The van der Waals surface area contributed by atoms with E-state index in [4.69, 9.17) is 20.8 Å². The maximum atomic E-state index is 12.5. The summed E-state index contributed by atoms with van der Waals surface area (Å²) < 4.78 is 13.3. The van der Waals surface area contributed by atoms with Crippen molar-refractivity contribution in [2.45, 2.75) is 6.61 Å². The number of nitrogens with zero attached hydrogens (tertiary/aromatic N) is 1. The highest BCUT2D eigenvalue weighted by Crippen LogP contribution is 2.18. The Hall–Kier alpha value is -3.50. The van der Waals surface area contributed by atoms with E-state index in [1.54, 1.807) is 42.5 Å². The molecule has 2 aromatic heterocycles. The highest BCUT2D eigenvalue weighted by Gasteiger charge is 2.06. The molecule has 0 unspecified atom stereocenters. The maximum Gasteiger partial charge on any atom is 0.186 e. The van der Waals surface area contributed by atoms with Gasteiger partial charge in [0.2, 0.25) is 0 Å². The van der Waals surface area contributed by atoms with Crippen LogP contribution in [0.15, 0.2) is 95.7 Å². The van der Waals surface area contributed by atoms with Crippen LogP contribution >= 0.6 is 11.6 Å². The Bertz CT molecular complexity index is 1130. The molecule has 4 nitrogen and oxygen atoms in total. The van der Waals surface area contributed by atoms with Crippen LogP contribution in [0, 0.1) is 0 Å². The van der Waals surface area contributed by atoms with E-state index in [-0.39, 0.29) is 5.78 Å². The summed E-state index contributed by atoms with van der Waals surface area (Å²) in [7, 11) is 0. The lowest BCUT2D eigenvalue weighted by molar-refractivity contribution is 0.104. The molecule has 0 aliphatic heterocycles. The van der Waals surface area contributed by atoms with E-state index in [1.807, 2.05) is 53.4 Å². The molecular formula is C24H18ClNO3. The number of rotatable bonds is 7. The Morgan fingerprint density at radius 2 is 1.79 bits per heavy atom. The summed E-state index contributed by atoms with van der Waals surface area (Å²) in [5.74, 6) is 1.88. The molecule has 0 aliphatic rings. The number of carbonyl (C=O) groups excluding carboxylic acids is 1. The fraction of sp³-hybridized carbons (Fsp3) is 0.0417. The SMILES string of the molecule is O=C(/C=C/c1ccc(COc2ccc(Cl)cc2)o1)c1cccc(-n2cccc2)c1. The smallest absolute Gasteiger partial charge is 0.186 e. The minimum Gasteiger partial charge on any atom is -0.486 e. The second-order valence-electron chi connectivity index (χ2n) is 6.38. The third kappa shape index (κ3) is 4.86.